The fourth-order valence-electron chi connectivity index (χ4n) is 2.39. The van der Waals surface area contributed by atoms with Crippen molar-refractivity contribution in [3.8, 4) is 5.75 Å². The number of methoxy groups -OCH3 is 1. The predicted octanol–water partition coefficient (Wildman–Crippen LogP) is 3.39. The summed E-state index contributed by atoms with van der Waals surface area (Å²) < 4.78 is 11.3. The third kappa shape index (κ3) is 2.78. The van der Waals surface area contributed by atoms with Crippen molar-refractivity contribution in [1.29, 1.82) is 0 Å². The van der Waals surface area contributed by atoms with Gasteiger partial charge in [0.1, 0.15) is 5.75 Å². The van der Waals surface area contributed by atoms with Crippen molar-refractivity contribution >= 4 is 5.69 Å². The van der Waals surface area contributed by atoms with Crippen molar-refractivity contribution in [3.05, 3.63) is 23.8 Å². The Balaban J connectivity index is 2.18. The van der Waals surface area contributed by atoms with E-state index in [0.717, 1.165) is 31.7 Å². The summed E-state index contributed by atoms with van der Waals surface area (Å²) >= 11 is 0. The number of hydrogen-bond acceptors (Lipinski definition) is 3. The van der Waals surface area contributed by atoms with Gasteiger partial charge in [0, 0.05) is 31.5 Å². The van der Waals surface area contributed by atoms with E-state index in [4.69, 9.17) is 9.47 Å². The number of unbranched alkanes of at least 4 members (excludes halogenated alkanes) is 1. The first-order chi connectivity index (χ1) is 8.76. The molecule has 1 atom stereocenters. The van der Waals surface area contributed by atoms with E-state index in [-0.39, 0.29) is 6.10 Å². The minimum Gasteiger partial charge on any atom is -0.497 e. The molecule has 0 radical (unpaired) electrons. The van der Waals surface area contributed by atoms with Crippen LogP contribution in [0.15, 0.2) is 18.2 Å². The number of hydrogen-bond donors (Lipinski definition) is 0. The van der Waals surface area contributed by atoms with Crippen molar-refractivity contribution < 1.29 is 9.47 Å². The Morgan fingerprint density at radius 2 is 2.22 bits per heavy atom. The lowest BCUT2D eigenvalue weighted by atomic mass is 9.98. The lowest BCUT2D eigenvalue weighted by Crippen LogP contribution is -2.28. The van der Waals surface area contributed by atoms with Crippen molar-refractivity contribution in [1.82, 2.24) is 0 Å². The molecule has 0 saturated carbocycles. The van der Waals surface area contributed by atoms with Gasteiger partial charge in [0.25, 0.3) is 0 Å². The van der Waals surface area contributed by atoms with Crippen LogP contribution in [0.5, 0.6) is 5.75 Å². The Hall–Kier alpha value is -1.22. The molecule has 1 heterocycles. The molecule has 1 unspecified atom stereocenters. The fourth-order valence-corrected chi connectivity index (χ4v) is 2.39. The highest BCUT2D eigenvalue weighted by atomic mass is 16.5. The summed E-state index contributed by atoms with van der Waals surface area (Å²) in [5.74, 6) is 0.910. The first kappa shape index (κ1) is 13.2. The van der Waals surface area contributed by atoms with Gasteiger partial charge in [-0.2, -0.15) is 0 Å². The highest BCUT2D eigenvalue weighted by Gasteiger charge is 2.24. The van der Waals surface area contributed by atoms with Crippen LogP contribution in [0.25, 0.3) is 0 Å². The predicted molar refractivity (Wildman–Crippen MR) is 74.5 cm³/mol. The molecule has 1 aromatic carbocycles. The van der Waals surface area contributed by atoms with Crippen molar-refractivity contribution in [2.75, 3.05) is 32.2 Å². The molecule has 0 spiro atoms. The highest BCUT2D eigenvalue weighted by molar-refractivity contribution is 5.58. The second kappa shape index (κ2) is 6.10. The molecule has 0 N–H and O–H groups in total. The van der Waals surface area contributed by atoms with Gasteiger partial charge in [-0.3, -0.25) is 0 Å². The topological polar surface area (TPSA) is 21.7 Å². The van der Waals surface area contributed by atoms with E-state index < -0.39 is 0 Å². The van der Waals surface area contributed by atoms with Crippen LogP contribution < -0.4 is 9.64 Å². The molecule has 0 saturated heterocycles. The molecule has 100 valence electrons. The van der Waals surface area contributed by atoms with Gasteiger partial charge in [0.05, 0.1) is 13.2 Å². The third-order valence-electron chi connectivity index (χ3n) is 3.54. The molecule has 0 aliphatic carbocycles. The molecular formula is C15H23NO2. The van der Waals surface area contributed by atoms with Gasteiger partial charge in [0.2, 0.25) is 0 Å². The van der Waals surface area contributed by atoms with Crippen LogP contribution in [0.4, 0.5) is 5.69 Å². The average Bonchev–Trinajstić information content (AvgIpc) is 2.41. The monoisotopic (exact) mass is 249 g/mol. The van der Waals surface area contributed by atoms with Crippen LogP contribution >= 0.6 is 0 Å². The zero-order valence-corrected chi connectivity index (χ0v) is 11.6. The third-order valence-corrected chi connectivity index (χ3v) is 3.54. The molecule has 0 amide bonds. The molecule has 18 heavy (non-hydrogen) atoms. The van der Waals surface area contributed by atoms with Gasteiger partial charge < -0.3 is 14.4 Å². The number of nitrogens with zero attached hydrogens (tertiary/aromatic N) is 1. The van der Waals surface area contributed by atoms with E-state index in [1.165, 1.54) is 17.7 Å². The molecule has 1 aromatic rings. The number of rotatable bonds is 5. The lowest BCUT2D eigenvalue weighted by molar-refractivity contribution is 0.0436. The Kier molecular flexibility index (Phi) is 4.48. The van der Waals surface area contributed by atoms with Crippen LogP contribution in [0, 0.1) is 0 Å². The summed E-state index contributed by atoms with van der Waals surface area (Å²) in [5.41, 5.74) is 2.53. The molecule has 0 aromatic heterocycles. The van der Waals surface area contributed by atoms with E-state index in [1.54, 1.807) is 7.11 Å². The molecule has 0 fully saturated rings. The van der Waals surface area contributed by atoms with Gasteiger partial charge in [-0.05, 0) is 31.0 Å². The maximum atomic E-state index is 6.02. The Bertz CT molecular complexity index is 392. The largest absolute Gasteiger partial charge is 0.497 e. The first-order valence-corrected chi connectivity index (χ1v) is 6.77. The van der Waals surface area contributed by atoms with Crippen LogP contribution in [-0.4, -0.2) is 27.3 Å². The lowest BCUT2D eigenvalue weighted by Gasteiger charge is -2.33. The molecule has 2 rings (SSSR count). The molecule has 1 aliphatic rings. The van der Waals surface area contributed by atoms with Crippen LogP contribution in [0.3, 0.4) is 0 Å². The van der Waals surface area contributed by atoms with Gasteiger partial charge in [0.15, 0.2) is 0 Å². The smallest absolute Gasteiger partial charge is 0.119 e. The van der Waals surface area contributed by atoms with Crippen LogP contribution in [0.1, 0.15) is 37.9 Å². The zero-order valence-electron chi connectivity index (χ0n) is 11.6. The number of fused-ring (bicyclic) bond motifs is 1. The van der Waals surface area contributed by atoms with Gasteiger partial charge in [-0.15, -0.1) is 0 Å². The number of anilines is 1. The summed E-state index contributed by atoms with van der Waals surface area (Å²) in [5, 5.41) is 0. The van der Waals surface area contributed by atoms with E-state index in [1.807, 2.05) is 6.07 Å². The minimum atomic E-state index is 0.220. The Morgan fingerprint density at radius 3 is 2.94 bits per heavy atom. The SMILES string of the molecule is CCCCOC1CCN(C)c2ccc(OC)cc21. The maximum absolute atomic E-state index is 6.02. The van der Waals surface area contributed by atoms with E-state index in [2.05, 4.69) is 31.0 Å². The summed E-state index contributed by atoms with van der Waals surface area (Å²) in [4.78, 5) is 2.29. The Labute approximate surface area is 110 Å². The molecule has 1 aliphatic heterocycles. The van der Waals surface area contributed by atoms with Crippen molar-refractivity contribution in [2.45, 2.75) is 32.3 Å². The quantitative estimate of drug-likeness (QED) is 0.747. The Morgan fingerprint density at radius 1 is 1.39 bits per heavy atom. The van der Waals surface area contributed by atoms with Crippen molar-refractivity contribution in [2.24, 2.45) is 0 Å². The van der Waals surface area contributed by atoms with Crippen molar-refractivity contribution in [3.63, 3.8) is 0 Å². The van der Waals surface area contributed by atoms with Gasteiger partial charge in [-0.25, -0.2) is 0 Å². The van der Waals surface area contributed by atoms with Gasteiger partial charge in [-0.1, -0.05) is 13.3 Å². The minimum absolute atomic E-state index is 0.220. The number of ether oxygens (including phenoxy) is 2. The summed E-state index contributed by atoms with van der Waals surface area (Å²) in [6.07, 6.45) is 3.58. The molecule has 0 bridgehead atoms. The molecular weight excluding hydrogens is 226 g/mol. The second-order valence-corrected chi connectivity index (χ2v) is 4.85. The average molecular weight is 249 g/mol. The normalized spacial score (nSPS) is 18.6. The molecule has 3 heteroatoms. The fraction of sp³-hybridized carbons (Fsp3) is 0.600. The summed E-state index contributed by atoms with van der Waals surface area (Å²) in [6, 6.07) is 6.26. The first-order valence-electron chi connectivity index (χ1n) is 6.77. The second-order valence-electron chi connectivity index (χ2n) is 4.85. The molecule has 3 nitrogen and oxygen atoms in total. The maximum Gasteiger partial charge on any atom is 0.119 e. The van der Waals surface area contributed by atoms with E-state index in [0.29, 0.717) is 0 Å². The van der Waals surface area contributed by atoms with E-state index >= 15 is 0 Å². The van der Waals surface area contributed by atoms with Crippen LogP contribution in [-0.2, 0) is 4.74 Å². The standard InChI is InChI=1S/C15H23NO2/c1-4-5-10-18-15-8-9-16(2)14-7-6-12(17-3)11-13(14)15/h6-7,11,15H,4-5,8-10H2,1-3H3. The summed E-state index contributed by atoms with van der Waals surface area (Å²) in [6.45, 7) is 4.09. The number of benzene rings is 1. The van der Waals surface area contributed by atoms with E-state index in [9.17, 15) is 0 Å². The summed E-state index contributed by atoms with van der Waals surface area (Å²) in [7, 11) is 3.84. The van der Waals surface area contributed by atoms with Crippen LogP contribution in [0.2, 0.25) is 0 Å². The zero-order chi connectivity index (χ0) is 13.0. The van der Waals surface area contributed by atoms with Gasteiger partial charge >= 0.3 is 0 Å². The highest BCUT2D eigenvalue weighted by Crippen LogP contribution is 2.37.